The number of hydrogen-bond donors (Lipinski definition) is 0. The number of esters is 1. The van der Waals surface area contributed by atoms with Gasteiger partial charge in [-0.3, -0.25) is 9.59 Å². The molecule has 0 spiro atoms. The molecule has 7 nitrogen and oxygen atoms in total. The van der Waals surface area contributed by atoms with E-state index in [-0.39, 0.29) is 18.3 Å². The van der Waals surface area contributed by atoms with E-state index in [2.05, 4.69) is 0 Å². The van der Waals surface area contributed by atoms with Crippen molar-refractivity contribution in [3.05, 3.63) is 53.6 Å². The molecule has 2 aliphatic heterocycles. The number of rotatable bonds is 5. The smallest absolute Gasteiger partial charge is 0.338 e. The summed E-state index contributed by atoms with van der Waals surface area (Å²) in [6.45, 7) is 1.22. The van der Waals surface area contributed by atoms with Crippen molar-refractivity contribution in [2.24, 2.45) is 0 Å². The summed E-state index contributed by atoms with van der Waals surface area (Å²) in [4.78, 5) is 38.0. The third-order valence-corrected chi connectivity index (χ3v) is 4.69. The molecular formula is C21H19NO6. The maximum Gasteiger partial charge on any atom is 0.338 e. The van der Waals surface area contributed by atoms with E-state index in [0.717, 1.165) is 12.1 Å². The van der Waals surface area contributed by atoms with Gasteiger partial charge in [-0.25, -0.2) is 4.79 Å². The predicted octanol–water partition coefficient (Wildman–Crippen LogP) is 2.62. The Morgan fingerprint density at radius 1 is 0.964 bits per heavy atom. The molecule has 0 atom stereocenters. The highest BCUT2D eigenvalue weighted by Gasteiger charge is 2.22. The summed E-state index contributed by atoms with van der Waals surface area (Å²) in [6.07, 6.45) is 1.39. The molecule has 7 heteroatoms. The molecule has 0 aliphatic carbocycles. The molecule has 2 aromatic carbocycles. The summed E-state index contributed by atoms with van der Waals surface area (Å²) >= 11 is 0. The molecule has 144 valence electrons. The summed E-state index contributed by atoms with van der Waals surface area (Å²) in [5.41, 5.74) is 1.47. The molecule has 0 aromatic heterocycles. The van der Waals surface area contributed by atoms with Crippen molar-refractivity contribution >= 4 is 23.3 Å². The second-order valence-corrected chi connectivity index (χ2v) is 6.55. The van der Waals surface area contributed by atoms with Crippen LogP contribution in [-0.4, -0.2) is 44.0 Å². The molecule has 0 radical (unpaired) electrons. The number of fused-ring (bicyclic) bond motifs is 1. The summed E-state index contributed by atoms with van der Waals surface area (Å²) in [5, 5.41) is 0. The van der Waals surface area contributed by atoms with Crippen molar-refractivity contribution in [2.45, 2.75) is 12.8 Å². The quantitative estimate of drug-likeness (QED) is 0.585. The molecule has 1 saturated heterocycles. The van der Waals surface area contributed by atoms with E-state index in [1.165, 1.54) is 0 Å². The van der Waals surface area contributed by atoms with Gasteiger partial charge in [-0.2, -0.15) is 0 Å². The number of benzene rings is 2. The zero-order valence-electron chi connectivity index (χ0n) is 15.2. The minimum Gasteiger partial charge on any atom is -0.486 e. The average Bonchev–Trinajstić information content (AvgIpc) is 3.17. The van der Waals surface area contributed by atoms with E-state index in [1.54, 1.807) is 47.4 Å². The van der Waals surface area contributed by atoms with Gasteiger partial charge in [0.1, 0.15) is 13.2 Å². The largest absolute Gasteiger partial charge is 0.486 e. The molecule has 2 aromatic rings. The molecule has 2 aliphatic rings. The van der Waals surface area contributed by atoms with Crippen LogP contribution in [0, 0.1) is 0 Å². The first kappa shape index (κ1) is 18.0. The van der Waals surface area contributed by atoms with Gasteiger partial charge in [-0.15, -0.1) is 0 Å². The second kappa shape index (κ2) is 7.72. The van der Waals surface area contributed by atoms with Crippen LogP contribution in [0.15, 0.2) is 42.5 Å². The minimum atomic E-state index is -0.592. The predicted molar refractivity (Wildman–Crippen MR) is 100 cm³/mol. The number of hydrogen-bond acceptors (Lipinski definition) is 6. The van der Waals surface area contributed by atoms with Crippen LogP contribution in [0.3, 0.4) is 0 Å². The first-order chi connectivity index (χ1) is 13.6. The Balaban J connectivity index is 1.36. The normalized spacial score (nSPS) is 15.4. The van der Waals surface area contributed by atoms with Gasteiger partial charge in [-0.1, -0.05) is 0 Å². The van der Waals surface area contributed by atoms with E-state index in [0.29, 0.717) is 48.8 Å². The molecule has 1 fully saturated rings. The molecule has 28 heavy (non-hydrogen) atoms. The molecule has 0 unspecified atom stereocenters. The lowest BCUT2D eigenvalue weighted by atomic mass is 10.1. The first-order valence-electron chi connectivity index (χ1n) is 9.12. The first-order valence-corrected chi connectivity index (χ1v) is 9.12. The fraction of sp³-hybridized carbons (Fsp3) is 0.286. The highest BCUT2D eigenvalue weighted by molar-refractivity contribution is 6.00. The molecular weight excluding hydrogens is 362 g/mol. The van der Waals surface area contributed by atoms with Crippen LogP contribution in [0.5, 0.6) is 11.5 Å². The van der Waals surface area contributed by atoms with E-state index in [1.807, 2.05) is 0 Å². The molecule has 2 heterocycles. The van der Waals surface area contributed by atoms with Crippen LogP contribution in [0.2, 0.25) is 0 Å². The Kier molecular flexibility index (Phi) is 4.97. The van der Waals surface area contributed by atoms with E-state index < -0.39 is 5.97 Å². The molecule has 4 rings (SSSR count). The van der Waals surface area contributed by atoms with Crippen molar-refractivity contribution in [3.63, 3.8) is 0 Å². The third-order valence-electron chi connectivity index (χ3n) is 4.69. The standard InChI is InChI=1S/C21H19NO6/c23-17(15-5-8-18-19(12-15)27-11-10-26-18)13-28-21(25)14-3-6-16(7-4-14)22-9-1-2-20(22)24/h3-8,12H,1-2,9-11,13H2. The number of anilines is 1. The van der Waals surface area contributed by atoms with E-state index >= 15 is 0 Å². The van der Waals surface area contributed by atoms with Gasteiger partial charge in [-0.05, 0) is 48.9 Å². The SMILES string of the molecule is O=C(COC(=O)c1ccc(N2CCCC2=O)cc1)c1ccc2c(c1)OCCO2. The number of ketones is 1. The number of ether oxygens (including phenoxy) is 3. The minimum absolute atomic E-state index is 0.0837. The highest BCUT2D eigenvalue weighted by atomic mass is 16.6. The van der Waals surface area contributed by atoms with Gasteiger partial charge in [0.05, 0.1) is 5.56 Å². The molecule has 0 saturated carbocycles. The van der Waals surface area contributed by atoms with Gasteiger partial charge >= 0.3 is 5.97 Å². The lowest BCUT2D eigenvalue weighted by Gasteiger charge is -2.18. The second-order valence-electron chi connectivity index (χ2n) is 6.55. The van der Waals surface area contributed by atoms with Crippen molar-refractivity contribution in [2.75, 3.05) is 31.3 Å². The van der Waals surface area contributed by atoms with Crippen molar-refractivity contribution in [1.29, 1.82) is 0 Å². The van der Waals surface area contributed by atoms with Gasteiger partial charge in [0, 0.05) is 24.2 Å². The lowest BCUT2D eigenvalue weighted by Crippen LogP contribution is -2.23. The number of carbonyl (C=O) groups excluding carboxylic acids is 3. The van der Waals surface area contributed by atoms with Crippen LogP contribution < -0.4 is 14.4 Å². The Morgan fingerprint density at radius 2 is 1.68 bits per heavy atom. The topological polar surface area (TPSA) is 82.1 Å². The van der Waals surface area contributed by atoms with Crippen molar-refractivity contribution in [1.82, 2.24) is 0 Å². The summed E-state index contributed by atoms with van der Waals surface area (Å²) in [7, 11) is 0. The summed E-state index contributed by atoms with van der Waals surface area (Å²) in [6, 6.07) is 11.5. The van der Waals surface area contributed by atoms with Gasteiger partial charge < -0.3 is 19.1 Å². The maximum atomic E-state index is 12.3. The number of carbonyl (C=O) groups is 3. The van der Waals surface area contributed by atoms with Crippen molar-refractivity contribution in [3.8, 4) is 11.5 Å². The number of amides is 1. The zero-order chi connectivity index (χ0) is 19.5. The fourth-order valence-corrected chi connectivity index (χ4v) is 3.21. The highest BCUT2D eigenvalue weighted by Crippen LogP contribution is 2.31. The monoisotopic (exact) mass is 381 g/mol. The fourth-order valence-electron chi connectivity index (χ4n) is 3.21. The lowest BCUT2D eigenvalue weighted by molar-refractivity contribution is -0.117. The average molecular weight is 381 g/mol. The van der Waals surface area contributed by atoms with E-state index in [4.69, 9.17) is 14.2 Å². The van der Waals surface area contributed by atoms with Crippen LogP contribution >= 0.6 is 0 Å². The molecule has 1 amide bonds. The van der Waals surface area contributed by atoms with Gasteiger partial charge in [0.15, 0.2) is 23.9 Å². The van der Waals surface area contributed by atoms with Gasteiger partial charge in [0.25, 0.3) is 0 Å². The van der Waals surface area contributed by atoms with E-state index in [9.17, 15) is 14.4 Å². The molecule has 0 bridgehead atoms. The summed E-state index contributed by atoms with van der Waals surface area (Å²) in [5.74, 6) is 0.266. The molecule has 0 N–H and O–H groups in total. The van der Waals surface area contributed by atoms with Crippen LogP contribution in [0.1, 0.15) is 33.6 Å². The Hall–Kier alpha value is -3.35. The van der Waals surface area contributed by atoms with Crippen LogP contribution in [0.25, 0.3) is 0 Å². The Labute approximate surface area is 161 Å². The third kappa shape index (κ3) is 3.69. The van der Waals surface area contributed by atoms with Crippen LogP contribution in [-0.2, 0) is 9.53 Å². The number of Topliss-reactive ketones (excluding diaryl/α,β-unsaturated/α-hetero) is 1. The van der Waals surface area contributed by atoms with Crippen LogP contribution in [0.4, 0.5) is 5.69 Å². The van der Waals surface area contributed by atoms with Crippen molar-refractivity contribution < 1.29 is 28.6 Å². The van der Waals surface area contributed by atoms with Gasteiger partial charge in [0.2, 0.25) is 5.91 Å². The Morgan fingerprint density at radius 3 is 2.39 bits per heavy atom. The Bertz CT molecular complexity index is 921. The summed E-state index contributed by atoms with van der Waals surface area (Å²) < 4.78 is 16.0. The number of nitrogens with zero attached hydrogens (tertiary/aromatic N) is 1. The zero-order valence-corrected chi connectivity index (χ0v) is 15.2. The maximum absolute atomic E-state index is 12.3.